The molecule has 1 fully saturated rings. The first kappa shape index (κ1) is 13.9. The van der Waals surface area contributed by atoms with E-state index in [0.717, 1.165) is 31.1 Å². The normalized spacial score (nSPS) is 19.7. The molecule has 0 radical (unpaired) electrons. The lowest BCUT2D eigenvalue weighted by Crippen LogP contribution is -2.41. The van der Waals surface area contributed by atoms with E-state index in [1.54, 1.807) is 29.2 Å². The Bertz CT molecular complexity index is 650. The fraction of sp³-hybridized carbons (Fsp3) is 0.438. The van der Waals surface area contributed by atoms with E-state index < -0.39 is 0 Å². The van der Waals surface area contributed by atoms with Crippen LogP contribution in [0.3, 0.4) is 0 Å². The lowest BCUT2D eigenvalue weighted by molar-refractivity contribution is 0.0571. The van der Waals surface area contributed by atoms with Gasteiger partial charge in [-0.05, 0) is 37.1 Å². The van der Waals surface area contributed by atoms with Gasteiger partial charge >= 0.3 is 0 Å². The van der Waals surface area contributed by atoms with E-state index in [-0.39, 0.29) is 18.6 Å². The molecule has 1 amide bonds. The van der Waals surface area contributed by atoms with Crippen LogP contribution in [0.2, 0.25) is 0 Å². The summed E-state index contributed by atoms with van der Waals surface area (Å²) in [6, 6.07) is 6.93. The lowest BCUT2D eigenvalue weighted by atomic mass is 10.1. The third-order valence-corrected chi connectivity index (χ3v) is 4.10. The van der Waals surface area contributed by atoms with Crippen molar-refractivity contribution in [3.63, 3.8) is 0 Å². The highest BCUT2D eigenvalue weighted by atomic mass is 16.3. The fourth-order valence-electron chi connectivity index (χ4n) is 2.94. The summed E-state index contributed by atoms with van der Waals surface area (Å²) in [6.45, 7) is 0.669. The van der Waals surface area contributed by atoms with Gasteiger partial charge in [0.15, 0.2) is 5.76 Å². The predicted octanol–water partition coefficient (Wildman–Crippen LogP) is 2.39. The minimum atomic E-state index is -0.147. The molecule has 3 N–H and O–H groups in total. The van der Waals surface area contributed by atoms with Crippen LogP contribution < -0.4 is 5.73 Å². The average Bonchev–Trinajstić information content (AvgIpc) is 2.75. The number of rotatable bonds is 2. The Labute approximate surface area is 123 Å². The Hall–Kier alpha value is -2.01. The van der Waals surface area contributed by atoms with Crippen LogP contribution in [-0.2, 0) is 0 Å². The Morgan fingerprint density at radius 2 is 2.19 bits per heavy atom. The van der Waals surface area contributed by atoms with Gasteiger partial charge in [0.25, 0.3) is 5.91 Å². The van der Waals surface area contributed by atoms with Crippen LogP contribution in [0, 0.1) is 0 Å². The van der Waals surface area contributed by atoms with Gasteiger partial charge in [0.2, 0.25) is 0 Å². The van der Waals surface area contributed by atoms with E-state index in [9.17, 15) is 9.90 Å². The maximum atomic E-state index is 12.7. The third-order valence-electron chi connectivity index (χ3n) is 4.10. The monoisotopic (exact) mass is 288 g/mol. The molecule has 2 aromatic rings. The molecular weight excluding hydrogens is 268 g/mol. The molecule has 0 saturated carbocycles. The molecular formula is C16H20N2O3. The highest BCUT2D eigenvalue weighted by Crippen LogP contribution is 2.25. The van der Waals surface area contributed by atoms with Gasteiger partial charge in [-0.2, -0.15) is 0 Å². The van der Waals surface area contributed by atoms with Gasteiger partial charge in [0.1, 0.15) is 5.58 Å². The summed E-state index contributed by atoms with van der Waals surface area (Å²) in [7, 11) is 0. The molecule has 1 atom stereocenters. The zero-order valence-corrected chi connectivity index (χ0v) is 11.9. The third kappa shape index (κ3) is 2.74. The number of benzene rings is 1. The predicted molar refractivity (Wildman–Crippen MR) is 81.0 cm³/mol. The highest BCUT2D eigenvalue weighted by Gasteiger charge is 2.27. The average molecular weight is 288 g/mol. The molecule has 5 heteroatoms. The summed E-state index contributed by atoms with van der Waals surface area (Å²) < 4.78 is 5.64. The van der Waals surface area contributed by atoms with Crippen molar-refractivity contribution in [1.82, 2.24) is 4.90 Å². The first-order valence-corrected chi connectivity index (χ1v) is 7.40. The summed E-state index contributed by atoms with van der Waals surface area (Å²) >= 11 is 0. The number of aliphatic hydroxyl groups is 1. The molecule has 0 spiro atoms. The fourth-order valence-corrected chi connectivity index (χ4v) is 2.94. The molecule has 0 aliphatic carbocycles. The number of likely N-dealkylation sites (tertiary alicyclic amines) is 1. The summed E-state index contributed by atoms with van der Waals surface area (Å²) in [4.78, 5) is 14.4. The minimum absolute atomic E-state index is 0.00107. The van der Waals surface area contributed by atoms with Crippen LogP contribution >= 0.6 is 0 Å². The molecule has 2 heterocycles. The van der Waals surface area contributed by atoms with Gasteiger partial charge in [-0.3, -0.25) is 4.79 Å². The van der Waals surface area contributed by atoms with Gasteiger partial charge in [0.05, 0.1) is 12.6 Å². The molecule has 1 aliphatic heterocycles. The maximum Gasteiger partial charge on any atom is 0.289 e. The highest BCUT2D eigenvalue weighted by molar-refractivity contribution is 5.96. The number of hydrogen-bond donors (Lipinski definition) is 2. The maximum absolute atomic E-state index is 12.7. The van der Waals surface area contributed by atoms with E-state index in [1.807, 2.05) is 0 Å². The van der Waals surface area contributed by atoms with Crippen molar-refractivity contribution in [2.45, 2.75) is 31.7 Å². The zero-order valence-electron chi connectivity index (χ0n) is 11.9. The second kappa shape index (κ2) is 5.77. The number of carbonyl (C=O) groups excluding carboxylic acids is 1. The number of aliphatic hydroxyl groups excluding tert-OH is 1. The minimum Gasteiger partial charge on any atom is -0.451 e. The van der Waals surface area contributed by atoms with Gasteiger partial charge < -0.3 is 20.2 Å². The van der Waals surface area contributed by atoms with Crippen LogP contribution in [-0.4, -0.2) is 35.1 Å². The standard InChI is InChI=1S/C16H20N2O3/c17-12-5-6-14-11(8-12)9-15(21-14)16(20)18-7-3-1-2-4-13(18)10-19/h5-6,8-9,13,19H,1-4,7,10,17H2. The Morgan fingerprint density at radius 1 is 1.33 bits per heavy atom. The van der Waals surface area contributed by atoms with Gasteiger partial charge in [-0.1, -0.05) is 12.8 Å². The molecule has 1 unspecified atom stereocenters. The quantitative estimate of drug-likeness (QED) is 0.832. The van der Waals surface area contributed by atoms with Crippen molar-refractivity contribution in [1.29, 1.82) is 0 Å². The number of nitrogens with zero attached hydrogens (tertiary/aromatic N) is 1. The first-order chi connectivity index (χ1) is 10.2. The van der Waals surface area contributed by atoms with Crippen LogP contribution in [0.4, 0.5) is 5.69 Å². The number of nitrogens with two attached hydrogens (primary N) is 1. The largest absolute Gasteiger partial charge is 0.451 e. The van der Waals surface area contributed by atoms with Crippen molar-refractivity contribution in [2.75, 3.05) is 18.9 Å². The Balaban J connectivity index is 1.90. The van der Waals surface area contributed by atoms with Crippen molar-refractivity contribution in [3.05, 3.63) is 30.0 Å². The van der Waals surface area contributed by atoms with Crippen LogP contribution in [0.5, 0.6) is 0 Å². The van der Waals surface area contributed by atoms with Crippen LogP contribution in [0.25, 0.3) is 11.0 Å². The van der Waals surface area contributed by atoms with Crippen LogP contribution in [0.1, 0.15) is 36.2 Å². The summed E-state index contributed by atoms with van der Waals surface area (Å²) in [5.74, 6) is 0.168. The number of amides is 1. The van der Waals surface area contributed by atoms with E-state index in [1.165, 1.54) is 0 Å². The number of hydrogen-bond acceptors (Lipinski definition) is 4. The Kier molecular flexibility index (Phi) is 3.84. The molecule has 1 aromatic heterocycles. The molecule has 5 nitrogen and oxygen atoms in total. The molecule has 3 rings (SSSR count). The summed E-state index contributed by atoms with van der Waals surface area (Å²) in [5, 5.41) is 10.3. The second-order valence-electron chi connectivity index (χ2n) is 5.59. The lowest BCUT2D eigenvalue weighted by Gasteiger charge is -2.27. The first-order valence-electron chi connectivity index (χ1n) is 7.40. The topological polar surface area (TPSA) is 79.7 Å². The molecule has 0 bridgehead atoms. The smallest absolute Gasteiger partial charge is 0.289 e. The van der Waals surface area contributed by atoms with Crippen LogP contribution in [0.15, 0.2) is 28.7 Å². The van der Waals surface area contributed by atoms with Gasteiger partial charge in [0, 0.05) is 17.6 Å². The number of anilines is 1. The van der Waals surface area contributed by atoms with E-state index in [0.29, 0.717) is 23.6 Å². The number of furan rings is 1. The van der Waals surface area contributed by atoms with Gasteiger partial charge in [-0.25, -0.2) is 0 Å². The molecule has 1 saturated heterocycles. The molecule has 1 aliphatic rings. The summed E-state index contributed by atoms with van der Waals surface area (Å²) in [6.07, 6.45) is 3.95. The molecule has 21 heavy (non-hydrogen) atoms. The van der Waals surface area contributed by atoms with E-state index in [2.05, 4.69) is 0 Å². The van der Waals surface area contributed by atoms with Gasteiger partial charge in [-0.15, -0.1) is 0 Å². The number of carbonyl (C=O) groups is 1. The molecule has 1 aromatic carbocycles. The molecule has 112 valence electrons. The van der Waals surface area contributed by atoms with Crippen molar-refractivity contribution in [3.8, 4) is 0 Å². The summed E-state index contributed by atoms with van der Waals surface area (Å²) in [5.41, 5.74) is 7.05. The Morgan fingerprint density at radius 3 is 3.00 bits per heavy atom. The second-order valence-corrected chi connectivity index (χ2v) is 5.59. The van der Waals surface area contributed by atoms with Crippen molar-refractivity contribution >= 4 is 22.6 Å². The van der Waals surface area contributed by atoms with Crippen molar-refractivity contribution in [2.24, 2.45) is 0 Å². The number of nitrogen functional groups attached to an aromatic ring is 1. The van der Waals surface area contributed by atoms with E-state index >= 15 is 0 Å². The SMILES string of the molecule is Nc1ccc2oc(C(=O)N3CCCCCC3CO)cc2c1. The van der Waals surface area contributed by atoms with Crippen molar-refractivity contribution < 1.29 is 14.3 Å². The van der Waals surface area contributed by atoms with E-state index in [4.69, 9.17) is 10.2 Å². The number of fused-ring (bicyclic) bond motifs is 1. The zero-order chi connectivity index (χ0) is 14.8.